The average molecular weight is 359 g/mol. The smallest absolute Gasteiger partial charge is 0.243 e. The molecule has 1 amide bonds. The van der Waals surface area contributed by atoms with Crippen LogP contribution in [0.1, 0.15) is 18.4 Å². The summed E-state index contributed by atoms with van der Waals surface area (Å²) in [5.74, 6) is 0.258. The van der Waals surface area contributed by atoms with Gasteiger partial charge in [-0.05, 0) is 43.5 Å². The minimum absolute atomic E-state index is 0.0986. The van der Waals surface area contributed by atoms with Gasteiger partial charge in [-0.2, -0.15) is 4.31 Å². The Morgan fingerprint density at radius 1 is 1.12 bits per heavy atom. The van der Waals surface area contributed by atoms with Crippen LogP contribution in [0.3, 0.4) is 0 Å². The Bertz CT molecular complexity index is 845. The van der Waals surface area contributed by atoms with E-state index < -0.39 is 10.0 Å². The summed E-state index contributed by atoms with van der Waals surface area (Å²) >= 11 is 0. The number of carbonyl (C=O) groups excluding carboxylic acids is 1. The van der Waals surface area contributed by atoms with Gasteiger partial charge in [0.25, 0.3) is 0 Å². The summed E-state index contributed by atoms with van der Waals surface area (Å²) in [6.45, 7) is 2.57. The molecule has 0 spiro atoms. The number of rotatable bonds is 4. The van der Waals surface area contributed by atoms with Crippen molar-refractivity contribution in [3.63, 3.8) is 0 Å². The molecule has 2 aromatic rings. The van der Waals surface area contributed by atoms with E-state index in [0.717, 1.165) is 5.56 Å². The van der Waals surface area contributed by atoms with E-state index in [1.807, 2.05) is 19.1 Å². The zero-order valence-corrected chi connectivity index (χ0v) is 14.9. The molecule has 1 aromatic heterocycles. The van der Waals surface area contributed by atoms with Crippen molar-refractivity contribution in [1.29, 1.82) is 0 Å². The van der Waals surface area contributed by atoms with Crippen LogP contribution < -0.4 is 5.32 Å². The molecule has 0 unspecified atom stereocenters. The second-order valence-corrected chi connectivity index (χ2v) is 8.09. The summed E-state index contributed by atoms with van der Waals surface area (Å²) in [6, 6.07) is 12.1. The van der Waals surface area contributed by atoms with Gasteiger partial charge in [0.1, 0.15) is 5.82 Å². The molecule has 1 aliphatic rings. The Morgan fingerprint density at radius 2 is 1.80 bits per heavy atom. The van der Waals surface area contributed by atoms with Crippen molar-refractivity contribution in [2.24, 2.45) is 5.92 Å². The molecular weight excluding hydrogens is 338 g/mol. The summed E-state index contributed by atoms with van der Waals surface area (Å²) < 4.78 is 26.7. The molecule has 1 fully saturated rings. The summed E-state index contributed by atoms with van der Waals surface area (Å²) in [7, 11) is -3.49. The maximum absolute atomic E-state index is 12.6. The van der Waals surface area contributed by atoms with Crippen molar-refractivity contribution in [2.45, 2.75) is 24.7 Å². The van der Waals surface area contributed by atoms with Gasteiger partial charge in [-0.1, -0.05) is 24.3 Å². The largest absolute Gasteiger partial charge is 0.310 e. The maximum Gasteiger partial charge on any atom is 0.243 e. The van der Waals surface area contributed by atoms with Crippen LogP contribution in [0.15, 0.2) is 53.6 Å². The highest BCUT2D eigenvalue weighted by atomic mass is 32.2. The fraction of sp³-hybridized carbons (Fsp3) is 0.333. The van der Waals surface area contributed by atoms with Crippen LogP contribution in [-0.2, 0) is 14.8 Å². The molecule has 132 valence electrons. The minimum atomic E-state index is -3.49. The average Bonchev–Trinajstić information content (AvgIpc) is 2.64. The standard InChI is InChI=1S/C18H21N3O3S/c1-14-6-5-11-19-17(14)20-18(22)15-9-12-21(13-10-15)25(23,24)16-7-3-2-4-8-16/h2-8,11,15H,9-10,12-13H2,1H3,(H,19,20,22). The molecule has 7 heteroatoms. The van der Waals surface area contributed by atoms with E-state index in [1.54, 1.807) is 36.5 Å². The number of aryl methyl sites for hydroxylation is 1. The normalized spacial score (nSPS) is 16.5. The Balaban J connectivity index is 1.62. The molecule has 0 aliphatic carbocycles. The number of pyridine rings is 1. The Labute approximate surface area is 147 Å². The summed E-state index contributed by atoms with van der Waals surface area (Å²) in [5, 5.41) is 2.85. The van der Waals surface area contributed by atoms with Gasteiger partial charge >= 0.3 is 0 Å². The van der Waals surface area contributed by atoms with Crippen LogP contribution in [0.2, 0.25) is 0 Å². The van der Waals surface area contributed by atoms with Crippen LogP contribution in [0.4, 0.5) is 5.82 Å². The van der Waals surface area contributed by atoms with E-state index in [1.165, 1.54) is 4.31 Å². The van der Waals surface area contributed by atoms with Crippen molar-refractivity contribution in [3.8, 4) is 0 Å². The van der Waals surface area contributed by atoms with E-state index in [4.69, 9.17) is 0 Å². The Kier molecular flexibility index (Phi) is 5.15. The minimum Gasteiger partial charge on any atom is -0.310 e. The molecule has 0 saturated carbocycles. The number of benzene rings is 1. The molecule has 1 aromatic carbocycles. The lowest BCUT2D eigenvalue weighted by Gasteiger charge is -2.30. The summed E-state index contributed by atoms with van der Waals surface area (Å²) in [6.07, 6.45) is 2.64. The quantitative estimate of drug-likeness (QED) is 0.909. The van der Waals surface area contributed by atoms with Crippen molar-refractivity contribution < 1.29 is 13.2 Å². The lowest BCUT2D eigenvalue weighted by atomic mass is 9.97. The van der Waals surface area contributed by atoms with Gasteiger partial charge < -0.3 is 5.32 Å². The molecule has 0 atom stereocenters. The van der Waals surface area contributed by atoms with Crippen LogP contribution in [0, 0.1) is 12.8 Å². The van der Waals surface area contributed by atoms with Gasteiger partial charge in [-0.3, -0.25) is 4.79 Å². The fourth-order valence-electron chi connectivity index (χ4n) is 2.94. The second kappa shape index (κ2) is 7.33. The zero-order valence-electron chi connectivity index (χ0n) is 14.1. The van der Waals surface area contributed by atoms with Crippen molar-refractivity contribution in [3.05, 3.63) is 54.2 Å². The number of aromatic nitrogens is 1. The van der Waals surface area contributed by atoms with Gasteiger partial charge in [0, 0.05) is 25.2 Å². The van der Waals surface area contributed by atoms with E-state index in [-0.39, 0.29) is 11.8 Å². The molecule has 0 bridgehead atoms. The highest BCUT2D eigenvalue weighted by molar-refractivity contribution is 7.89. The highest BCUT2D eigenvalue weighted by Crippen LogP contribution is 2.24. The molecular formula is C18H21N3O3S. The maximum atomic E-state index is 12.6. The molecule has 2 heterocycles. The van der Waals surface area contributed by atoms with Gasteiger partial charge in [0.15, 0.2) is 0 Å². The number of nitrogens with one attached hydrogen (secondary N) is 1. The number of nitrogens with zero attached hydrogens (tertiary/aromatic N) is 2. The zero-order chi connectivity index (χ0) is 17.9. The number of sulfonamides is 1. The predicted molar refractivity (Wildman–Crippen MR) is 95.5 cm³/mol. The number of hydrogen-bond donors (Lipinski definition) is 1. The first kappa shape index (κ1) is 17.6. The van der Waals surface area contributed by atoms with Gasteiger partial charge in [-0.15, -0.1) is 0 Å². The fourth-order valence-corrected chi connectivity index (χ4v) is 4.43. The van der Waals surface area contributed by atoms with E-state index in [0.29, 0.717) is 36.6 Å². The van der Waals surface area contributed by atoms with Gasteiger partial charge in [0.2, 0.25) is 15.9 Å². The first-order chi connectivity index (χ1) is 12.0. The van der Waals surface area contributed by atoms with E-state index in [2.05, 4.69) is 10.3 Å². The van der Waals surface area contributed by atoms with Crippen LogP contribution in [0.5, 0.6) is 0 Å². The van der Waals surface area contributed by atoms with E-state index in [9.17, 15) is 13.2 Å². The lowest BCUT2D eigenvalue weighted by Crippen LogP contribution is -2.41. The van der Waals surface area contributed by atoms with Crippen molar-refractivity contribution in [2.75, 3.05) is 18.4 Å². The molecule has 6 nitrogen and oxygen atoms in total. The first-order valence-electron chi connectivity index (χ1n) is 8.26. The van der Waals surface area contributed by atoms with Crippen LogP contribution >= 0.6 is 0 Å². The third-order valence-corrected chi connectivity index (χ3v) is 6.37. The van der Waals surface area contributed by atoms with Crippen molar-refractivity contribution in [1.82, 2.24) is 9.29 Å². The van der Waals surface area contributed by atoms with E-state index >= 15 is 0 Å². The molecule has 3 rings (SSSR count). The molecule has 25 heavy (non-hydrogen) atoms. The number of hydrogen-bond acceptors (Lipinski definition) is 4. The summed E-state index contributed by atoms with van der Waals surface area (Å²) in [4.78, 5) is 16.9. The van der Waals surface area contributed by atoms with Crippen LogP contribution in [0.25, 0.3) is 0 Å². The third-order valence-electron chi connectivity index (χ3n) is 4.46. The number of amides is 1. The molecule has 1 saturated heterocycles. The van der Waals surface area contributed by atoms with Crippen LogP contribution in [-0.4, -0.2) is 36.7 Å². The lowest BCUT2D eigenvalue weighted by molar-refractivity contribution is -0.120. The summed E-state index contributed by atoms with van der Waals surface area (Å²) in [5.41, 5.74) is 0.903. The third kappa shape index (κ3) is 3.88. The van der Waals surface area contributed by atoms with Crippen molar-refractivity contribution >= 4 is 21.7 Å². The number of anilines is 1. The molecule has 0 radical (unpaired) electrons. The number of piperidine rings is 1. The number of carbonyl (C=O) groups is 1. The predicted octanol–water partition coefficient (Wildman–Crippen LogP) is 2.43. The van der Waals surface area contributed by atoms with Gasteiger partial charge in [0.05, 0.1) is 4.90 Å². The van der Waals surface area contributed by atoms with Gasteiger partial charge in [-0.25, -0.2) is 13.4 Å². The monoisotopic (exact) mass is 359 g/mol. The molecule has 1 aliphatic heterocycles. The molecule has 1 N–H and O–H groups in total. The Morgan fingerprint density at radius 3 is 2.44 bits per heavy atom. The highest BCUT2D eigenvalue weighted by Gasteiger charge is 2.32. The topological polar surface area (TPSA) is 79.4 Å². The second-order valence-electron chi connectivity index (χ2n) is 6.15. The first-order valence-corrected chi connectivity index (χ1v) is 9.70. The Hall–Kier alpha value is -2.25. The SMILES string of the molecule is Cc1cccnc1NC(=O)C1CCN(S(=O)(=O)c2ccccc2)CC1.